The number of morpholine rings is 1. The number of fused-ring (bicyclic) bond motifs is 1. The van der Waals surface area contributed by atoms with Crippen molar-refractivity contribution in [2.24, 2.45) is 0 Å². The maximum absolute atomic E-state index is 12.5. The molecule has 0 radical (unpaired) electrons. The van der Waals surface area contributed by atoms with Crippen molar-refractivity contribution in [1.82, 2.24) is 25.0 Å². The Kier molecular flexibility index (Phi) is 4.85. The van der Waals surface area contributed by atoms with Gasteiger partial charge in [0.2, 0.25) is 5.91 Å². The number of benzene rings is 1. The van der Waals surface area contributed by atoms with Crippen LogP contribution in [0.4, 0.5) is 0 Å². The van der Waals surface area contributed by atoms with Gasteiger partial charge in [-0.2, -0.15) is 5.10 Å². The molecule has 8 nitrogen and oxygen atoms in total. The van der Waals surface area contributed by atoms with E-state index < -0.39 is 0 Å². The number of amides is 1. The van der Waals surface area contributed by atoms with Crippen molar-refractivity contribution in [3.63, 3.8) is 0 Å². The Balaban J connectivity index is 1.36. The molecule has 1 aromatic heterocycles. The van der Waals surface area contributed by atoms with Crippen LogP contribution in [0.3, 0.4) is 0 Å². The van der Waals surface area contributed by atoms with Gasteiger partial charge >= 0.3 is 5.69 Å². The van der Waals surface area contributed by atoms with Crippen molar-refractivity contribution in [2.45, 2.75) is 24.9 Å². The lowest BCUT2D eigenvalue weighted by molar-refractivity contribution is -0.140. The van der Waals surface area contributed by atoms with Crippen LogP contribution >= 0.6 is 0 Å². The largest absolute Gasteiger partial charge is 0.378 e. The molecule has 26 heavy (non-hydrogen) atoms. The lowest BCUT2D eigenvalue weighted by Crippen LogP contribution is -2.60. The fraction of sp³-hybridized carbons (Fsp3) is 0.500. The first-order chi connectivity index (χ1) is 12.7. The summed E-state index contributed by atoms with van der Waals surface area (Å²) in [5.41, 5.74) is 0.923. The third-order valence-electron chi connectivity index (χ3n) is 5.18. The second kappa shape index (κ2) is 7.43. The highest BCUT2D eigenvalue weighted by Crippen LogP contribution is 2.29. The average Bonchev–Trinajstić information content (AvgIpc) is 3.11. The molecule has 138 valence electrons. The highest BCUT2D eigenvalue weighted by atomic mass is 16.5. The molecule has 2 saturated heterocycles. The third kappa shape index (κ3) is 3.56. The number of nitrogens with zero attached hydrogens (tertiary/aromatic N) is 3. The van der Waals surface area contributed by atoms with Gasteiger partial charge in [0.15, 0.2) is 0 Å². The molecule has 2 aromatic rings. The van der Waals surface area contributed by atoms with Gasteiger partial charge in [0, 0.05) is 32.5 Å². The van der Waals surface area contributed by atoms with Crippen LogP contribution in [0.1, 0.15) is 23.9 Å². The summed E-state index contributed by atoms with van der Waals surface area (Å²) in [4.78, 5) is 30.5. The normalized spacial score (nSPS) is 23.6. The standard InChI is InChI=1S/C18H23N5O3/c24-17(7-6-16-19-18(25)21-20-16)22-8-9-23-14(10-22)11-26-12-15(23)13-4-2-1-3-5-13/h1-5,14-15H,6-12H2,(H2,19,20,21,25)/t14-,15-/m1/s1. The highest BCUT2D eigenvalue weighted by Gasteiger charge is 2.37. The molecule has 2 atom stereocenters. The fourth-order valence-corrected chi connectivity index (χ4v) is 3.84. The van der Waals surface area contributed by atoms with Crippen LogP contribution in [-0.4, -0.2) is 69.8 Å². The average molecular weight is 357 g/mol. The van der Waals surface area contributed by atoms with Crippen LogP contribution < -0.4 is 5.69 Å². The van der Waals surface area contributed by atoms with Gasteiger partial charge in [-0.3, -0.25) is 14.7 Å². The summed E-state index contributed by atoms with van der Waals surface area (Å²) in [5.74, 6) is 0.613. The summed E-state index contributed by atoms with van der Waals surface area (Å²) < 4.78 is 5.83. The number of carbonyl (C=O) groups is 1. The van der Waals surface area contributed by atoms with Gasteiger partial charge in [0.25, 0.3) is 0 Å². The topological polar surface area (TPSA) is 94.3 Å². The van der Waals surface area contributed by atoms with E-state index in [-0.39, 0.29) is 23.7 Å². The maximum Gasteiger partial charge on any atom is 0.340 e. The van der Waals surface area contributed by atoms with Crippen LogP contribution in [-0.2, 0) is 16.0 Å². The number of ether oxygens (including phenoxy) is 1. The van der Waals surface area contributed by atoms with E-state index in [1.54, 1.807) is 0 Å². The summed E-state index contributed by atoms with van der Waals surface area (Å²) in [5, 5.41) is 6.17. The minimum atomic E-state index is -0.340. The number of aryl methyl sites for hydroxylation is 1. The van der Waals surface area contributed by atoms with E-state index in [0.29, 0.717) is 38.4 Å². The molecule has 1 aromatic carbocycles. The number of aromatic nitrogens is 3. The van der Waals surface area contributed by atoms with Crippen LogP contribution in [0.25, 0.3) is 0 Å². The van der Waals surface area contributed by atoms with E-state index in [1.165, 1.54) is 5.56 Å². The van der Waals surface area contributed by atoms with Gasteiger partial charge in [-0.1, -0.05) is 30.3 Å². The van der Waals surface area contributed by atoms with Crippen LogP contribution in [0.5, 0.6) is 0 Å². The second-order valence-electron chi connectivity index (χ2n) is 6.82. The van der Waals surface area contributed by atoms with Crippen molar-refractivity contribution < 1.29 is 9.53 Å². The monoisotopic (exact) mass is 357 g/mol. The number of H-pyrrole nitrogens is 2. The lowest BCUT2D eigenvalue weighted by atomic mass is 10.00. The molecule has 0 unspecified atom stereocenters. The summed E-state index contributed by atoms with van der Waals surface area (Å²) in [6.07, 6.45) is 0.780. The quantitative estimate of drug-likeness (QED) is 0.822. The SMILES string of the molecule is O=C(CCc1n[nH]c(=O)[nH]1)N1CCN2[C@@H](COC[C@@H]2c2ccccc2)C1. The van der Waals surface area contributed by atoms with E-state index in [2.05, 4.69) is 44.3 Å². The molecule has 2 aliphatic heterocycles. The summed E-state index contributed by atoms with van der Waals surface area (Å²) >= 11 is 0. The third-order valence-corrected chi connectivity index (χ3v) is 5.18. The van der Waals surface area contributed by atoms with Crippen molar-refractivity contribution in [2.75, 3.05) is 32.8 Å². The van der Waals surface area contributed by atoms with Crippen molar-refractivity contribution in [3.8, 4) is 0 Å². The molecule has 0 aliphatic carbocycles. The molecule has 8 heteroatoms. The van der Waals surface area contributed by atoms with Crippen molar-refractivity contribution in [1.29, 1.82) is 0 Å². The first-order valence-corrected chi connectivity index (χ1v) is 9.00. The Labute approximate surface area is 151 Å². The number of hydrogen-bond acceptors (Lipinski definition) is 5. The van der Waals surface area contributed by atoms with Gasteiger partial charge in [-0.05, 0) is 5.56 Å². The van der Waals surface area contributed by atoms with E-state index >= 15 is 0 Å². The van der Waals surface area contributed by atoms with Crippen molar-refractivity contribution in [3.05, 3.63) is 52.2 Å². The summed E-state index contributed by atoms with van der Waals surface area (Å²) in [6, 6.07) is 10.9. The number of nitrogens with one attached hydrogen (secondary N) is 2. The Morgan fingerprint density at radius 3 is 2.85 bits per heavy atom. The Morgan fingerprint density at radius 2 is 2.08 bits per heavy atom. The first kappa shape index (κ1) is 17.0. The molecular formula is C18H23N5O3. The smallest absolute Gasteiger partial charge is 0.340 e. The minimum absolute atomic E-state index is 0.0929. The Hall–Kier alpha value is -2.45. The van der Waals surface area contributed by atoms with Gasteiger partial charge in [-0.25, -0.2) is 9.89 Å². The number of aromatic amines is 2. The maximum atomic E-state index is 12.5. The number of rotatable bonds is 4. The number of piperazine rings is 1. The first-order valence-electron chi connectivity index (χ1n) is 9.00. The van der Waals surface area contributed by atoms with E-state index in [0.717, 1.165) is 13.1 Å². The molecule has 1 amide bonds. The molecule has 0 saturated carbocycles. The molecule has 4 rings (SSSR count). The van der Waals surface area contributed by atoms with E-state index in [1.807, 2.05) is 11.0 Å². The van der Waals surface area contributed by atoms with Crippen molar-refractivity contribution >= 4 is 5.91 Å². The zero-order valence-electron chi connectivity index (χ0n) is 14.6. The number of hydrogen-bond donors (Lipinski definition) is 2. The van der Waals surface area contributed by atoms with Gasteiger partial charge in [0.1, 0.15) is 5.82 Å². The summed E-state index contributed by atoms with van der Waals surface area (Å²) in [7, 11) is 0. The zero-order chi connectivity index (χ0) is 17.9. The predicted octanol–water partition coefficient (Wildman–Crippen LogP) is 0.315. The Morgan fingerprint density at radius 1 is 1.23 bits per heavy atom. The van der Waals surface area contributed by atoms with Crippen LogP contribution in [0, 0.1) is 0 Å². The minimum Gasteiger partial charge on any atom is -0.378 e. The van der Waals surface area contributed by atoms with E-state index in [4.69, 9.17) is 4.74 Å². The highest BCUT2D eigenvalue weighted by molar-refractivity contribution is 5.76. The number of carbonyl (C=O) groups excluding carboxylic acids is 1. The Bertz CT molecular complexity index is 802. The molecular weight excluding hydrogens is 334 g/mol. The lowest BCUT2D eigenvalue weighted by Gasteiger charge is -2.48. The molecule has 0 spiro atoms. The second-order valence-corrected chi connectivity index (χ2v) is 6.82. The molecule has 2 aliphatic rings. The molecule has 2 N–H and O–H groups in total. The zero-order valence-corrected chi connectivity index (χ0v) is 14.6. The predicted molar refractivity (Wildman–Crippen MR) is 94.6 cm³/mol. The fourth-order valence-electron chi connectivity index (χ4n) is 3.84. The molecule has 2 fully saturated rings. The van der Waals surface area contributed by atoms with Crippen LogP contribution in [0.2, 0.25) is 0 Å². The van der Waals surface area contributed by atoms with E-state index in [9.17, 15) is 9.59 Å². The van der Waals surface area contributed by atoms with Gasteiger partial charge in [0.05, 0.1) is 25.3 Å². The molecule has 3 heterocycles. The van der Waals surface area contributed by atoms with Gasteiger partial charge in [-0.15, -0.1) is 0 Å². The summed E-state index contributed by atoms with van der Waals surface area (Å²) in [6.45, 7) is 3.59. The van der Waals surface area contributed by atoms with Crippen LogP contribution in [0.15, 0.2) is 35.1 Å². The molecule has 0 bridgehead atoms. The van der Waals surface area contributed by atoms with Gasteiger partial charge < -0.3 is 9.64 Å².